The molecule has 2 aromatic carbocycles. The zero-order chi connectivity index (χ0) is 18.0. The van der Waals surface area contributed by atoms with Crippen LogP contribution in [0, 0.1) is 6.92 Å². The first-order valence-corrected chi connectivity index (χ1v) is 8.45. The lowest BCUT2D eigenvalue weighted by molar-refractivity contribution is -0.116. The molecule has 128 valence electrons. The third-order valence-electron chi connectivity index (χ3n) is 4.39. The van der Waals surface area contributed by atoms with Crippen molar-refractivity contribution in [3.63, 3.8) is 0 Å². The first-order valence-electron chi connectivity index (χ1n) is 8.45. The van der Waals surface area contributed by atoms with Gasteiger partial charge in [-0.25, -0.2) is 0 Å². The van der Waals surface area contributed by atoms with Gasteiger partial charge in [-0.3, -0.25) is 9.59 Å². The third kappa shape index (κ3) is 3.48. The summed E-state index contributed by atoms with van der Waals surface area (Å²) in [6, 6.07) is 14.9. The highest BCUT2D eigenvalue weighted by atomic mass is 16.2. The van der Waals surface area contributed by atoms with Gasteiger partial charge in [0.1, 0.15) is 6.54 Å². The van der Waals surface area contributed by atoms with E-state index in [1.165, 1.54) is 6.07 Å². The average Bonchev–Trinajstić information content (AvgIpc) is 2.59. The second-order valence-corrected chi connectivity index (χ2v) is 6.57. The number of carbonyl (C=O) groups is 1. The Morgan fingerprint density at radius 3 is 2.60 bits per heavy atom. The first kappa shape index (κ1) is 17.0. The van der Waals surface area contributed by atoms with E-state index in [2.05, 4.69) is 19.2 Å². The molecule has 0 spiro atoms. The topological polar surface area (TPSA) is 51.1 Å². The molecule has 0 aliphatic rings. The van der Waals surface area contributed by atoms with Crippen LogP contribution in [0.25, 0.3) is 10.9 Å². The minimum absolute atomic E-state index is 0.0340. The van der Waals surface area contributed by atoms with Crippen molar-refractivity contribution < 1.29 is 4.79 Å². The van der Waals surface area contributed by atoms with Crippen molar-refractivity contribution in [1.82, 2.24) is 4.57 Å². The largest absolute Gasteiger partial charge is 0.338 e. The van der Waals surface area contributed by atoms with Crippen LogP contribution in [0.3, 0.4) is 0 Å². The van der Waals surface area contributed by atoms with Gasteiger partial charge in [0, 0.05) is 23.3 Å². The van der Waals surface area contributed by atoms with E-state index in [0.29, 0.717) is 11.3 Å². The number of aromatic nitrogens is 1. The number of anilines is 1. The predicted molar refractivity (Wildman–Crippen MR) is 102 cm³/mol. The molecule has 1 N–H and O–H groups in total. The summed E-state index contributed by atoms with van der Waals surface area (Å²) in [5, 5.41) is 3.67. The number of hydrogen-bond donors (Lipinski definition) is 1. The summed E-state index contributed by atoms with van der Waals surface area (Å²) in [7, 11) is 0. The molecule has 4 heteroatoms. The Balaban J connectivity index is 1.90. The predicted octanol–water partition coefficient (Wildman–Crippen LogP) is 4.07. The van der Waals surface area contributed by atoms with E-state index in [1.54, 1.807) is 16.8 Å². The molecule has 0 fully saturated rings. The highest BCUT2D eigenvalue weighted by Crippen LogP contribution is 2.27. The van der Waals surface area contributed by atoms with Gasteiger partial charge < -0.3 is 9.88 Å². The van der Waals surface area contributed by atoms with Gasteiger partial charge >= 0.3 is 0 Å². The zero-order valence-electron chi connectivity index (χ0n) is 14.7. The summed E-state index contributed by atoms with van der Waals surface area (Å²) in [5.41, 5.74) is 3.78. The molecule has 1 aromatic heterocycles. The summed E-state index contributed by atoms with van der Waals surface area (Å²) >= 11 is 0. The van der Waals surface area contributed by atoms with Gasteiger partial charge in [-0.1, -0.05) is 44.2 Å². The lowest BCUT2D eigenvalue weighted by Crippen LogP contribution is -2.21. The van der Waals surface area contributed by atoms with Crippen LogP contribution in [-0.2, 0) is 11.3 Å². The number of aryl methyl sites for hydroxylation is 1. The molecule has 3 rings (SSSR count). The van der Waals surface area contributed by atoms with Gasteiger partial charge in [-0.05, 0) is 36.1 Å². The van der Waals surface area contributed by atoms with E-state index in [0.717, 1.165) is 22.3 Å². The molecule has 0 atom stereocenters. The number of carbonyl (C=O) groups excluding carboxylic acids is 1. The molecule has 0 aliphatic heterocycles. The van der Waals surface area contributed by atoms with Gasteiger partial charge in [0.15, 0.2) is 5.43 Å². The molecule has 3 aromatic rings. The van der Waals surface area contributed by atoms with Crippen LogP contribution >= 0.6 is 0 Å². The minimum Gasteiger partial charge on any atom is -0.338 e. The molecule has 0 aliphatic carbocycles. The zero-order valence-corrected chi connectivity index (χ0v) is 14.7. The molecule has 1 amide bonds. The molecule has 0 bridgehead atoms. The highest BCUT2D eigenvalue weighted by Gasteiger charge is 2.13. The van der Waals surface area contributed by atoms with Crippen LogP contribution in [0.4, 0.5) is 5.69 Å². The van der Waals surface area contributed by atoms with Crippen LogP contribution in [0.15, 0.2) is 59.5 Å². The van der Waals surface area contributed by atoms with E-state index < -0.39 is 0 Å². The van der Waals surface area contributed by atoms with Crippen molar-refractivity contribution in [2.45, 2.75) is 33.2 Å². The van der Waals surface area contributed by atoms with Gasteiger partial charge in [-0.2, -0.15) is 0 Å². The highest BCUT2D eigenvalue weighted by molar-refractivity contribution is 5.93. The van der Waals surface area contributed by atoms with Gasteiger partial charge in [0.2, 0.25) is 5.91 Å². The number of amides is 1. The molecule has 0 saturated heterocycles. The Kier molecular flexibility index (Phi) is 4.70. The maximum atomic E-state index is 12.6. The van der Waals surface area contributed by atoms with E-state index in [-0.39, 0.29) is 17.9 Å². The molecule has 0 radical (unpaired) electrons. The molecule has 4 nitrogen and oxygen atoms in total. The van der Waals surface area contributed by atoms with Crippen molar-refractivity contribution in [2.75, 3.05) is 5.32 Å². The lowest BCUT2D eigenvalue weighted by Gasteiger charge is -2.17. The monoisotopic (exact) mass is 334 g/mol. The fraction of sp³-hybridized carbons (Fsp3) is 0.238. The first-order chi connectivity index (χ1) is 12.0. The van der Waals surface area contributed by atoms with Crippen molar-refractivity contribution >= 4 is 22.5 Å². The Hall–Kier alpha value is -2.88. The Morgan fingerprint density at radius 1 is 1.08 bits per heavy atom. The number of fused-ring (bicyclic) bond motifs is 1. The van der Waals surface area contributed by atoms with E-state index in [4.69, 9.17) is 0 Å². The van der Waals surface area contributed by atoms with Crippen molar-refractivity contribution in [3.8, 4) is 0 Å². The summed E-state index contributed by atoms with van der Waals surface area (Å²) < 4.78 is 1.80. The summed E-state index contributed by atoms with van der Waals surface area (Å²) in [6.45, 7) is 6.38. The molecule has 0 saturated carbocycles. The number of pyridine rings is 1. The number of hydrogen-bond acceptors (Lipinski definition) is 2. The number of benzene rings is 2. The lowest BCUT2D eigenvalue weighted by atomic mass is 9.98. The maximum absolute atomic E-state index is 12.6. The van der Waals surface area contributed by atoms with E-state index >= 15 is 0 Å². The van der Waals surface area contributed by atoms with Crippen LogP contribution in [0.2, 0.25) is 0 Å². The van der Waals surface area contributed by atoms with Crippen molar-refractivity contribution in [3.05, 3.63) is 76.1 Å². The third-order valence-corrected chi connectivity index (χ3v) is 4.39. The fourth-order valence-electron chi connectivity index (χ4n) is 3.07. The number of nitrogens with zero attached hydrogens (tertiary/aromatic N) is 1. The normalized spacial score (nSPS) is 11.0. The number of rotatable bonds is 4. The smallest absolute Gasteiger partial charge is 0.244 e. The Morgan fingerprint density at radius 2 is 1.84 bits per heavy atom. The van der Waals surface area contributed by atoms with E-state index in [9.17, 15) is 9.59 Å². The standard InChI is InChI=1S/C21H22N2O2/c1-14(2)16-9-6-7-15(3)21(16)22-20(25)13-23-12-11-19(24)17-8-4-5-10-18(17)23/h4-12,14H,13H2,1-3H3,(H,22,25). The molecule has 0 unspecified atom stereocenters. The van der Waals surface area contributed by atoms with E-state index in [1.807, 2.05) is 43.3 Å². The second-order valence-electron chi connectivity index (χ2n) is 6.57. The number of para-hydroxylation sites is 2. The molecule has 25 heavy (non-hydrogen) atoms. The second kappa shape index (κ2) is 6.93. The van der Waals surface area contributed by atoms with Gasteiger partial charge in [-0.15, -0.1) is 0 Å². The minimum atomic E-state index is -0.106. The van der Waals surface area contributed by atoms with Gasteiger partial charge in [0.25, 0.3) is 0 Å². The summed E-state index contributed by atoms with van der Waals surface area (Å²) in [4.78, 5) is 24.6. The molecule has 1 heterocycles. The van der Waals surface area contributed by atoms with Crippen LogP contribution in [0.1, 0.15) is 30.9 Å². The van der Waals surface area contributed by atoms with Crippen molar-refractivity contribution in [2.24, 2.45) is 0 Å². The van der Waals surface area contributed by atoms with Crippen LogP contribution < -0.4 is 10.7 Å². The summed E-state index contributed by atoms with van der Waals surface area (Å²) in [6.07, 6.45) is 1.67. The Bertz CT molecular complexity index is 987. The fourth-order valence-corrected chi connectivity index (χ4v) is 3.07. The van der Waals surface area contributed by atoms with Crippen LogP contribution in [-0.4, -0.2) is 10.5 Å². The summed E-state index contributed by atoms with van der Waals surface area (Å²) in [5.74, 6) is 0.216. The van der Waals surface area contributed by atoms with Gasteiger partial charge in [0.05, 0.1) is 5.52 Å². The average molecular weight is 334 g/mol. The number of nitrogens with one attached hydrogen (secondary N) is 1. The quantitative estimate of drug-likeness (QED) is 0.782. The maximum Gasteiger partial charge on any atom is 0.244 e. The van der Waals surface area contributed by atoms with Crippen LogP contribution in [0.5, 0.6) is 0 Å². The Labute approximate surface area is 147 Å². The molecular formula is C21H22N2O2. The van der Waals surface area contributed by atoms with Crippen molar-refractivity contribution in [1.29, 1.82) is 0 Å². The SMILES string of the molecule is Cc1cccc(C(C)C)c1NC(=O)Cn1ccc(=O)c2ccccc21. The molecular weight excluding hydrogens is 312 g/mol.